The number of rotatable bonds is 7. The summed E-state index contributed by atoms with van der Waals surface area (Å²) in [4.78, 5) is 13.2. The second-order valence-electron chi connectivity index (χ2n) is 6.94. The normalized spacial score (nSPS) is 10.8. The van der Waals surface area contributed by atoms with Crippen molar-refractivity contribution in [3.05, 3.63) is 89.8 Å². The van der Waals surface area contributed by atoms with Crippen LogP contribution >= 0.6 is 0 Å². The van der Waals surface area contributed by atoms with E-state index in [-0.39, 0.29) is 5.82 Å². The van der Waals surface area contributed by atoms with Crippen LogP contribution in [0.1, 0.15) is 11.1 Å². The maximum Gasteiger partial charge on any atom is 0.330 e. The third-order valence-electron chi connectivity index (χ3n) is 4.89. The third kappa shape index (κ3) is 5.26. The SMILES string of the molecule is CNc1ccc(-c2ccc(CN(C)c3cccc(/C=C/C(=O)OC)c3)c(F)c2)cc1. The Hall–Kier alpha value is -3.60. The molecular formula is C25H25FN2O2. The smallest absolute Gasteiger partial charge is 0.330 e. The average molecular weight is 404 g/mol. The number of carbonyl (C=O) groups is 1. The van der Waals surface area contributed by atoms with Crippen LogP contribution in [0.4, 0.5) is 15.8 Å². The van der Waals surface area contributed by atoms with E-state index in [1.165, 1.54) is 13.2 Å². The van der Waals surface area contributed by atoms with Crippen molar-refractivity contribution in [1.82, 2.24) is 0 Å². The van der Waals surface area contributed by atoms with Crippen LogP contribution in [-0.4, -0.2) is 27.2 Å². The Balaban J connectivity index is 1.74. The first-order valence-corrected chi connectivity index (χ1v) is 9.64. The highest BCUT2D eigenvalue weighted by atomic mass is 19.1. The van der Waals surface area contributed by atoms with Crippen molar-refractivity contribution in [2.24, 2.45) is 0 Å². The van der Waals surface area contributed by atoms with Crippen LogP contribution < -0.4 is 10.2 Å². The van der Waals surface area contributed by atoms with Crippen molar-refractivity contribution < 1.29 is 13.9 Å². The maximum absolute atomic E-state index is 14.8. The Labute approximate surface area is 176 Å². The molecule has 0 atom stereocenters. The second-order valence-corrected chi connectivity index (χ2v) is 6.94. The van der Waals surface area contributed by atoms with Gasteiger partial charge in [-0.25, -0.2) is 9.18 Å². The molecule has 154 valence electrons. The van der Waals surface area contributed by atoms with Crippen molar-refractivity contribution in [2.75, 3.05) is 31.4 Å². The first kappa shape index (κ1) is 21.1. The lowest BCUT2D eigenvalue weighted by molar-refractivity contribution is -0.134. The van der Waals surface area contributed by atoms with E-state index in [4.69, 9.17) is 0 Å². The van der Waals surface area contributed by atoms with Gasteiger partial charge in [0.25, 0.3) is 0 Å². The number of benzene rings is 3. The molecule has 0 aliphatic heterocycles. The predicted molar refractivity (Wildman–Crippen MR) is 121 cm³/mol. The van der Waals surface area contributed by atoms with Gasteiger partial charge in [0, 0.05) is 43.7 Å². The summed E-state index contributed by atoms with van der Waals surface area (Å²) in [6.07, 6.45) is 3.07. The van der Waals surface area contributed by atoms with Crippen LogP contribution in [0, 0.1) is 5.82 Å². The van der Waals surface area contributed by atoms with Gasteiger partial charge in [0.2, 0.25) is 0 Å². The predicted octanol–water partition coefficient (Wildman–Crippen LogP) is 5.36. The summed E-state index contributed by atoms with van der Waals surface area (Å²) in [7, 11) is 5.12. The van der Waals surface area contributed by atoms with Gasteiger partial charge in [-0.2, -0.15) is 0 Å². The van der Waals surface area contributed by atoms with Crippen molar-refractivity contribution in [3.8, 4) is 11.1 Å². The summed E-state index contributed by atoms with van der Waals surface area (Å²) in [5.41, 5.74) is 5.23. The van der Waals surface area contributed by atoms with Crippen molar-refractivity contribution in [2.45, 2.75) is 6.54 Å². The summed E-state index contributed by atoms with van der Waals surface area (Å²) < 4.78 is 19.4. The van der Waals surface area contributed by atoms with Gasteiger partial charge in [-0.1, -0.05) is 36.4 Å². The van der Waals surface area contributed by atoms with Gasteiger partial charge in [0.15, 0.2) is 0 Å². The fourth-order valence-corrected chi connectivity index (χ4v) is 3.13. The molecule has 0 aromatic heterocycles. The number of anilines is 2. The largest absolute Gasteiger partial charge is 0.466 e. The first-order valence-electron chi connectivity index (χ1n) is 9.64. The second kappa shape index (κ2) is 9.74. The highest BCUT2D eigenvalue weighted by molar-refractivity contribution is 5.87. The molecule has 0 aliphatic carbocycles. The molecule has 0 unspecified atom stereocenters. The monoisotopic (exact) mass is 404 g/mol. The molecule has 0 bridgehead atoms. The Morgan fingerprint density at radius 3 is 2.47 bits per heavy atom. The molecule has 0 radical (unpaired) electrons. The molecule has 1 N–H and O–H groups in total. The minimum Gasteiger partial charge on any atom is -0.466 e. The zero-order valence-corrected chi connectivity index (χ0v) is 17.4. The molecule has 0 saturated heterocycles. The third-order valence-corrected chi connectivity index (χ3v) is 4.89. The summed E-state index contributed by atoms with van der Waals surface area (Å²) in [6.45, 7) is 0.426. The van der Waals surface area contributed by atoms with E-state index in [1.807, 2.05) is 79.7 Å². The molecule has 0 aliphatic rings. The first-order chi connectivity index (χ1) is 14.5. The number of halogens is 1. The van der Waals surface area contributed by atoms with E-state index in [0.717, 1.165) is 28.1 Å². The lowest BCUT2D eigenvalue weighted by Crippen LogP contribution is -2.17. The summed E-state index contributed by atoms with van der Waals surface area (Å²) in [5, 5.41) is 3.08. The van der Waals surface area contributed by atoms with Crippen LogP contribution in [0.3, 0.4) is 0 Å². The fraction of sp³-hybridized carbons (Fsp3) is 0.160. The Bertz CT molecular complexity index is 1050. The van der Waals surface area contributed by atoms with Gasteiger partial charge in [-0.05, 0) is 53.1 Å². The van der Waals surface area contributed by atoms with Crippen molar-refractivity contribution in [3.63, 3.8) is 0 Å². The van der Waals surface area contributed by atoms with E-state index < -0.39 is 5.97 Å². The Morgan fingerprint density at radius 2 is 1.80 bits per heavy atom. The molecule has 0 spiro atoms. The number of nitrogens with one attached hydrogen (secondary N) is 1. The number of hydrogen-bond acceptors (Lipinski definition) is 4. The van der Waals surface area contributed by atoms with E-state index in [2.05, 4.69) is 10.1 Å². The van der Waals surface area contributed by atoms with Crippen LogP contribution in [0.25, 0.3) is 17.2 Å². The molecule has 5 heteroatoms. The van der Waals surface area contributed by atoms with Gasteiger partial charge in [-0.3, -0.25) is 0 Å². The van der Waals surface area contributed by atoms with E-state index in [1.54, 1.807) is 12.1 Å². The summed E-state index contributed by atoms with van der Waals surface area (Å²) >= 11 is 0. The molecule has 3 aromatic rings. The number of esters is 1. The highest BCUT2D eigenvalue weighted by Crippen LogP contribution is 2.25. The minimum absolute atomic E-state index is 0.237. The van der Waals surface area contributed by atoms with Crippen molar-refractivity contribution >= 4 is 23.4 Å². The quantitative estimate of drug-likeness (QED) is 0.425. The standard InChI is InChI=1S/C25H25FN2O2/c1-27-22-12-10-19(11-13-22)20-8-9-21(24(26)16-20)17-28(2)23-6-4-5-18(15-23)7-14-25(29)30-3/h4-16,27H,17H2,1-3H3/b14-7+. The molecular weight excluding hydrogens is 379 g/mol. The molecule has 0 amide bonds. The van der Waals surface area contributed by atoms with Crippen LogP contribution in [-0.2, 0) is 16.1 Å². The molecule has 3 rings (SSSR count). The van der Waals surface area contributed by atoms with Gasteiger partial charge >= 0.3 is 5.97 Å². The maximum atomic E-state index is 14.8. The van der Waals surface area contributed by atoms with Gasteiger partial charge in [0.05, 0.1) is 7.11 Å². The molecule has 30 heavy (non-hydrogen) atoms. The van der Waals surface area contributed by atoms with Crippen molar-refractivity contribution in [1.29, 1.82) is 0 Å². The van der Waals surface area contributed by atoms with Crippen LogP contribution in [0.2, 0.25) is 0 Å². The van der Waals surface area contributed by atoms with E-state index >= 15 is 0 Å². The minimum atomic E-state index is -0.406. The summed E-state index contributed by atoms with van der Waals surface area (Å²) in [6, 6.07) is 20.9. The number of hydrogen-bond donors (Lipinski definition) is 1. The lowest BCUT2D eigenvalue weighted by Gasteiger charge is -2.20. The van der Waals surface area contributed by atoms with Gasteiger partial charge in [-0.15, -0.1) is 0 Å². The zero-order chi connectivity index (χ0) is 21.5. The Kier molecular flexibility index (Phi) is 6.86. The number of nitrogens with zero attached hydrogens (tertiary/aromatic N) is 1. The van der Waals surface area contributed by atoms with E-state index in [0.29, 0.717) is 12.1 Å². The number of methoxy groups -OCH3 is 1. The molecule has 4 nitrogen and oxygen atoms in total. The molecule has 0 saturated carbocycles. The van der Waals surface area contributed by atoms with Crippen LogP contribution in [0.15, 0.2) is 72.8 Å². The average Bonchev–Trinajstić information content (AvgIpc) is 2.79. The number of ether oxygens (including phenoxy) is 1. The fourth-order valence-electron chi connectivity index (χ4n) is 3.13. The van der Waals surface area contributed by atoms with Crippen LogP contribution in [0.5, 0.6) is 0 Å². The number of carbonyl (C=O) groups excluding carboxylic acids is 1. The highest BCUT2D eigenvalue weighted by Gasteiger charge is 2.09. The van der Waals surface area contributed by atoms with Gasteiger partial charge < -0.3 is 15.0 Å². The van der Waals surface area contributed by atoms with E-state index in [9.17, 15) is 9.18 Å². The Morgan fingerprint density at radius 1 is 1.07 bits per heavy atom. The zero-order valence-electron chi connectivity index (χ0n) is 17.4. The molecule has 0 fully saturated rings. The molecule has 0 heterocycles. The topological polar surface area (TPSA) is 41.6 Å². The summed E-state index contributed by atoms with van der Waals surface area (Å²) in [5.74, 6) is -0.643. The van der Waals surface area contributed by atoms with Gasteiger partial charge in [0.1, 0.15) is 5.82 Å². The molecule has 3 aromatic carbocycles. The lowest BCUT2D eigenvalue weighted by atomic mass is 10.0.